The fraction of sp³-hybridized carbons (Fsp3) is 0.462. The molecule has 1 heterocycles. The number of rotatable bonds is 6. The zero-order valence-electron chi connectivity index (χ0n) is 19.4. The van der Waals surface area contributed by atoms with Crippen molar-refractivity contribution in [3.05, 3.63) is 59.2 Å². The minimum Gasteiger partial charge on any atom is -0.366 e. The van der Waals surface area contributed by atoms with Crippen LogP contribution < -0.4 is 15.5 Å². The molecular weight excluding hydrogens is 386 g/mol. The summed E-state index contributed by atoms with van der Waals surface area (Å²) in [6.45, 7) is 11.8. The number of amides is 2. The summed E-state index contributed by atoms with van der Waals surface area (Å²) in [5, 5.41) is 6.05. The van der Waals surface area contributed by atoms with Crippen molar-refractivity contribution >= 4 is 23.2 Å². The topological polar surface area (TPSA) is 61.4 Å². The quantitative estimate of drug-likeness (QED) is 0.678. The van der Waals surface area contributed by atoms with Gasteiger partial charge in [0.25, 0.3) is 5.91 Å². The minimum atomic E-state index is -0.102. The highest BCUT2D eigenvalue weighted by atomic mass is 16.2. The van der Waals surface area contributed by atoms with Crippen molar-refractivity contribution in [2.45, 2.75) is 66.5 Å². The van der Waals surface area contributed by atoms with Gasteiger partial charge in [0.2, 0.25) is 5.91 Å². The fourth-order valence-electron chi connectivity index (χ4n) is 3.86. The molecule has 0 saturated carbocycles. The number of anilines is 2. The highest BCUT2D eigenvalue weighted by Gasteiger charge is 2.23. The van der Waals surface area contributed by atoms with Gasteiger partial charge in [0.05, 0.1) is 5.56 Å². The molecule has 1 atom stereocenters. The van der Waals surface area contributed by atoms with Crippen LogP contribution in [-0.4, -0.2) is 24.4 Å². The van der Waals surface area contributed by atoms with Crippen molar-refractivity contribution in [2.24, 2.45) is 5.41 Å². The molecule has 0 aromatic heterocycles. The van der Waals surface area contributed by atoms with E-state index in [0.29, 0.717) is 17.7 Å². The molecule has 2 aromatic carbocycles. The third-order valence-corrected chi connectivity index (χ3v) is 5.68. The van der Waals surface area contributed by atoms with E-state index in [2.05, 4.69) is 46.7 Å². The zero-order valence-corrected chi connectivity index (χ0v) is 19.4. The van der Waals surface area contributed by atoms with Crippen molar-refractivity contribution in [2.75, 3.05) is 16.8 Å². The molecular formula is C26H35N3O2. The molecule has 5 nitrogen and oxygen atoms in total. The lowest BCUT2D eigenvalue weighted by atomic mass is 9.92. The highest BCUT2D eigenvalue weighted by molar-refractivity contribution is 6.02. The summed E-state index contributed by atoms with van der Waals surface area (Å²) in [7, 11) is 0. The van der Waals surface area contributed by atoms with Crippen LogP contribution in [0.5, 0.6) is 0 Å². The number of carbonyl (C=O) groups excluding carboxylic acids is 2. The van der Waals surface area contributed by atoms with Gasteiger partial charge >= 0.3 is 0 Å². The predicted octanol–water partition coefficient (Wildman–Crippen LogP) is 5.15. The van der Waals surface area contributed by atoms with E-state index in [-0.39, 0.29) is 23.3 Å². The number of fused-ring (bicyclic) bond motifs is 1. The third kappa shape index (κ3) is 6.09. The number of hydrogen-bond donors (Lipinski definition) is 2. The average Bonchev–Trinajstić information content (AvgIpc) is 2.71. The SMILES string of the molecule is CCC(C)NC(=O)c1cc(NC(=O)CC(C)(C)C)ccc1N1CCc2ccccc2C1. The number of nitrogens with zero attached hydrogens (tertiary/aromatic N) is 1. The molecule has 0 fully saturated rings. The lowest BCUT2D eigenvalue weighted by Gasteiger charge is -2.32. The summed E-state index contributed by atoms with van der Waals surface area (Å²) >= 11 is 0. The Hall–Kier alpha value is -2.82. The average molecular weight is 422 g/mol. The Morgan fingerprint density at radius 2 is 1.81 bits per heavy atom. The van der Waals surface area contributed by atoms with Crippen LogP contribution in [0.1, 0.15) is 68.9 Å². The summed E-state index contributed by atoms with van der Waals surface area (Å²) in [5.74, 6) is -0.143. The lowest BCUT2D eigenvalue weighted by Crippen LogP contribution is -2.35. The van der Waals surface area contributed by atoms with Gasteiger partial charge in [0, 0.05) is 36.9 Å². The van der Waals surface area contributed by atoms with Gasteiger partial charge in [-0.25, -0.2) is 0 Å². The van der Waals surface area contributed by atoms with Gasteiger partial charge in [-0.1, -0.05) is 52.0 Å². The van der Waals surface area contributed by atoms with Crippen molar-refractivity contribution in [1.82, 2.24) is 5.32 Å². The van der Waals surface area contributed by atoms with Crippen LogP contribution in [0.3, 0.4) is 0 Å². The summed E-state index contributed by atoms with van der Waals surface area (Å²) in [6, 6.07) is 14.2. The largest absolute Gasteiger partial charge is 0.366 e. The Morgan fingerprint density at radius 3 is 2.48 bits per heavy atom. The Labute approximate surface area is 186 Å². The van der Waals surface area contributed by atoms with E-state index >= 15 is 0 Å². The van der Waals surface area contributed by atoms with Crippen LogP contribution >= 0.6 is 0 Å². The Morgan fingerprint density at radius 1 is 1.10 bits per heavy atom. The molecule has 5 heteroatoms. The lowest BCUT2D eigenvalue weighted by molar-refractivity contribution is -0.117. The molecule has 2 aromatic rings. The van der Waals surface area contributed by atoms with Crippen LogP contribution in [0.15, 0.2) is 42.5 Å². The van der Waals surface area contributed by atoms with E-state index in [1.807, 2.05) is 45.9 Å². The van der Waals surface area contributed by atoms with Crippen LogP contribution in [0.2, 0.25) is 0 Å². The summed E-state index contributed by atoms with van der Waals surface area (Å²) in [4.78, 5) is 27.8. The predicted molar refractivity (Wildman–Crippen MR) is 128 cm³/mol. The van der Waals surface area contributed by atoms with Gasteiger partial charge in [-0.3, -0.25) is 9.59 Å². The number of nitrogens with one attached hydrogen (secondary N) is 2. The first kappa shape index (κ1) is 22.9. The Bertz CT molecular complexity index is 946. The van der Waals surface area contributed by atoms with E-state index in [1.165, 1.54) is 11.1 Å². The van der Waals surface area contributed by atoms with Crippen molar-refractivity contribution < 1.29 is 9.59 Å². The molecule has 166 valence electrons. The molecule has 0 saturated heterocycles. The second kappa shape index (κ2) is 9.54. The van der Waals surface area contributed by atoms with E-state index in [4.69, 9.17) is 0 Å². The van der Waals surface area contributed by atoms with Crippen LogP contribution in [-0.2, 0) is 17.8 Å². The zero-order chi connectivity index (χ0) is 22.6. The van der Waals surface area contributed by atoms with Crippen molar-refractivity contribution in [1.29, 1.82) is 0 Å². The molecule has 1 unspecified atom stereocenters. The van der Waals surface area contributed by atoms with Crippen LogP contribution in [0.25, 0.3) is 0 Å². The molecule has 3 rings (SSSR count). The molecule has 31 heavy (non-hydrogen) atoms. The Kier molecular flexibility index (Phi) is 7.04. The third-order valence-electron chi connectivity index (χ3n) is 5.68. The molecule has 2 N–H and O–H groups in total. The molecule has 1 aliphatic heterocycles. The van der Waals surface area contributed by atoms with Gasteiger partial charge in [-0.2, -0.15) is 0 Å². The summed E-state index contributed by atoms with van der Waals surface area (Å²) < 4.78 is 0. The first-order valence-electron chi connectivity index (χ1n) is 11.2. The molecule has 2 amide bonds. The van der Waals surface area contributed by atoms with E-state index in [1.54, 1.807) is 0 Å². The van der Waals surface area contributed by atoms with Gasteiger partial charge in [-0.05, 0) is 54.5 Å². The molecule has 0 aliphatic carbocycles. The van der Waals surface area contributed by atoms with Gasteiger partial charge < -0.3 is 15.5 Å². The number of carbonyl (C=O) groups is 2. The maximum atomic E-state index is 13.1. The minimum absolute atomic E-state index is 0.0413. The van der Waals surface area contributed by atoms with Crippen molar-refractivity contribution in [3.63, 3.8) is 0 Å². The number of benzene rings is 2. The summed E-state index contributed by atoms with van der Waals surface area (Å²) in [6.07, 6.45) is 2.24. The second-order valence-electron chi connectivity index (χ2n) is 9.74. The molecule has 0 spiro atoms. The number of hydrogen-bond acceptors (Lipinski definition) is 3. The summed E-state index contributed by atoms with van der Waals surface area (Å²) in [5.41, 5.74) is 4.74. The second-order valence-corrected chi connectivity index (χ2v) is 9.74. The van der Waals surface area contributed by atoms with Gasteiger partial charge in [0.1, 0.15) is 0 Å². The standard InChI is InChI=1S/C26H35N3O2/c1-6-18(2)27-25(31)22-15-21(28-24(30)16-26(3,4)5)11-12-23(22)29-14-13-19-9-7-8-10-20(19)17-29/h7-12,15,18H,6,13-14,16-17H2,1-5H3,(H,27,31)(H,28,30). The normalized spacial score (nSPS) is 14.5. The fourth-order valence-corrected chi connectivity index (χ4v) is 3.86. The highest BCUT2D eigenvalue weighted by Crippen LogP contribution is 2.30. The maximum absolute atomic E-state index is 13.1. The van der Waals surface area contributed by atoms with E-state index < -0.39 is 0 Å². The van der Waals surface area contributed by atoms with Crippen LogP contribution in [0.4, 0.5) is 11.4 Å². The molecule has 1 aliphatic rings. The van der Waals surface area contributed by atoms with E-state index in [9.17, 15) is 9.59 Å². The van der Waals surface area contributed by atoms with Gasteiger partial charge in [-0.15, -0.1) is 0 Å². The monoisotopic (exact) mass is 421 g/mol. The van der Waals surface area contributed by atoms with E-state index in [0.717, 1.165) is 31.6 Å². The maximum Gasteiger partial charge on any atom is 0.253 e. The van der Waals surface area contributed by atoms with Gasteiger partial charge in [0.15, 0.2) is 0 Å². The first-order chi connectivity index (χ1) is 14.7. The molecule has 0 radical (unpaired) electrons. The first-order valence-corrected chi connectivity index (χ1v) is 11.2. The van der Waals surface area contributed by atoms with Crippen molar-refractivity contribution in [3.8, 4) is 0 Å². The van der Waals surface area contributed by atoms with Crippen LogP contribution in [0, 0.1) is 5.41 Å². The Balaban J connectivity index is 1.89. The smallest absolute Gasteiger partial charge is 0.253 e. The molecule has 0 bridgehead atoms.